The molecular formula is C7H6F3NO3. The number of aliphatic carboxylic acids is 1. The molecule has 0 aliphatic carbocycles. The summed E-state index contributed by atoms with van der Waals surface area (Å²) >= 11 is 0. The van der Waals surface area contributed by atoms with E-state index < -0.39 is 30.2 Å². The molecule has 0 spiro atoms. The average molecular weight is 209 g/mol. The van der Waals surface area contributed by atoms with Crippen molar-refractivity contribution in [1.29, 1.82) is 0 Å². The molecule has 0 amide bonds. The number of dihydropyridines is 1. The fourth-order valence-electron chi connectivity index (χ4n) is 0.936. The Morgan fingerprint density at radius 3 is 2.79 bits per heavy atom. The molecule has 0 aromatic heterocycles. The number of nitrogens with zero attached hydrogens (tertiary/aromatic N) is 1. The number of carbonyl (C=O) groups is 1. The number of alkyl halides is 2. The molecular weight excluding hydrogens is 203 g/mol. The van der Waals surface area contributed by atoms with E-state index in [-0.39, 0.29) is 6.54 Å². The monoisotopic (exact) mass is 209 g/mol. The van der Waals surface area contributed by atoms with E-state index >= 15 is 0 Å². The van der Waals surface area contributed by atoms with Gasteiger partial charge in [0.25, 0.3) is 0 Å². The summed E-state index contributed by atoms with van der Waals surface area (Å²) in [7, 11) is 0. The van der Waals surface area contributed by atoms with Crippen LogP contribution < -0.4 is 0 Å². The number of ether oxygens (including phenoxy) is 1. The molecule has 7 heteroatoms. The molecule has 1 rings (SSSR count). The zero-order valence-electron chi connectivity index (χ0n) is 6.78. The van der Waals surface area contributed by atoms with Gasteiger partial charge in [0, 0.05) is 0 Å². The highest BCUT2D eigenvalue weighted by Gasteiger charge is 2.24. The zero-order valence-corrected chi connectivity index (χ0v) is 6.78. The highest BCUT2D eigenvalue weighted by atomic mass is 19.3. The molecule has 1 N–H and O–H groups in total. The van der Waals surface area contributed by atoms with Crippen molar-refractivity contribution in [2.75, 3.05) is 6.54 Å². The molecule has 4 nitrogen and oxygen atoms in total. The summed E-state index contributed by atoms with van der Waals surface area (Å²) < 4.78 is 40.1. The van der Waals surface area contributed by atoms with Gasteiger partial charge in [-0.15, -0.1) is 0 Å². The fourth-order valence-corrected chi connectivity index (χ4v) is 0.936. The zero-order chi connectivity index (χ0) is 10.7. The van der Waals surface area contributed by atoms with Gasteiger partial charge in [-0.05, 0) is 6.08 Å². The predicted octanol–water partition coefficient (Wildman–Crippen LogP) is 0.987. The summed E-state index contributed by atoms with van der Waals surface area (Å²) in [6.45, 7) is -3.36. The van der Waals surface area contributed by atoms with Crippen LogP contribution in [0.15, 0.2) is 16.9 Å². The molecule has 1 aliphatic rings. The number of carboxylic acids is 1. The van der Waals surface area contributed by atoms with Crippen LogP contribution in [0.25, 0.3) is 0 Å². The Morgan fingerprint density at radius 1 is 1.71 bits per heavy atom. The van der Waals surface area contributed by atoms with Crippen molar-refractivity contribution in [2.45, 2.75) is 12.7 Å². The van der Waals surface area contributed by atoms with E-state index in [4.69, 9.17) is 5.11 Å². The van der Waals surface area contributed by atoms with Gasteiger partial charge >= 0.3 is 12.6 Å². The molecule has 0 fully saturated rings. The SMILES string of the molecule is O=C(O)C1=NCC(OC(F)F)C=C1F. The molecule has 1 heterocycles. The molecule has 0 aromatic rings. The van der Waals surface area contributed by atoms with E-state index in [2.05, 4.69) is 9.73 Å². The summed E-state index contributed by atoms with van der Waals surface area (Å²) in [6, 6.07) is 0. The first-order chi connectivity index (χ1) is 6.50. The minimum Gasteiger partial charge on any atom is -0.476 e. The Balaban J connectivity index is 2.67. The van der Waals surface area contributed by atoms with Crippen molar-refractivity contribution in [2.24, 2.45) is 4.99 Å². The summed E-state index contributed by atoms with van der Waals surface area (Å²) in [5, 5.41) is 8.38. The first-order valence-corrected chi connectivity index (χ1v) is 3.59. The van der Waals surface area contributed by atoms with Crippen molar-refractivity contribution in [3.63, 3.8) is 0 Å². The Hall–Kier alpha value is -1.37. The standard InChI is InChI=1S/C7H6F3NO3/c8-4-1-3(14-7(9)10)2-11-5(4)6(12)13/h1,3,7H,2H2,(H,12,13). The Kier molecular flexibility index (Phi) is 3.23. The number of halogens is 3. The van der Waals surface area contributed by atoms with Crippen molar-refractivity contribution < 1.29 is 27.8 Å². The molecule has 1 aliphatic heterocycles. The Bertz CT molecular complexity index is 301. The van der Waals surface area contributed by atoms with Crippen LogP contribution in [0.2, 0.25) is 0 Å². The largest absolute Gasteiger partial charge is 0.476 e. The molecule has 78 valence electrons. The summed E-state index contributed by atoms with van der Waals surface area (Å²) in [5.74, 6) is -2.69. The molecule has 0 saturated carbocycles. The maximum atomic E-state index is 12.8. The second-order valence-corrected chi connectivity index (χ2v) is 2.44. The minimum atomic E-state index is -3.04. The number of hydrogen-bond donors (Lipinski definition) is 1. The number of aliphatic imine (C=N–C) groups is 1. The third-order valence-corrected chi connectivity index (χ3v) is 1.47. The van der Waals surface area contributed by atoms with Crippen LogP contribution in [-0.2, 0) is 9.53 Å². The average Bonchev–Trinajstić information content (AvgIpc) is 2.01. The van der Waals surface area contributed by atoms with E-state index in [0.717, 1.165) is 0 Å². The predicted molar refractivity (Wildman–Crippen MR) is 40.0 cm³/mol. The molecule has 0 aromatic carbocycles. The molecule has 1 unspecified atom stereocenters. The quantitative estimate of drug-likeness (QED) is 0.753. The van der Waals surface area contributed by atoms with E-state index in [0.29, 0.717) is 6.08 Å². The van der Waals surface area contributed by atoms with Crippen molar-refractivity contribution in [3.8, 4) is 0 Å². The number of hydrogen-bond acceptors (Lipinski definition) is 3. The second kappa shape index (κ2) is 4.23. The fraction of sp³-hybridized carbons (Fsp3) is 0.429. The number of rotatable bonds is 3. The van der Waals surface area contributed by atoms with Gasteiger partial charge in [0.1, 0.15) is 6.10 Å². The van der Waals surface area contributed by atoms with Gasteiger partial charge in [0.05, 0.1) is 6.54 Å². The van der Waals surface area contributed by atoms with Crippen molar-refractivity contribution >= 4 is 11.7 Å². The van der Waals surface area contributed by atoms with Crippen LogP contribution in [0.3, 0.4) is 0 Å². The maximum absolute atomic E-state index is 12.8. The van der Waals surface area contributed by atoms with E-state index in [1.165, 1.54) is 0 Å². The van der Waals surface area contributed by atoms with E-state index in [1.54, 1.807) is 0 Å². The first kappa shape index (κ1) is 10.7. The topological polar surface area (TPSA) is 58.9 Å². The summed E-state index contributed by atoms with van der Waals surface area (Å²) in [6.07, 6.45) is -0.541. The third kappa shape index (κ3) is 2.56. The van der Waals surface area contributed by atoms with Crippen LogP contribution in [0, 0.1) is 0 Å². The van der Waals surface area contributed by atoms with Gasteiger partial charge < -0.3 is 9.84 Å². The third-order valence-electron chi connectivity index (χ3n) is 1.47. The van der Waals surface area contributed by atoms with Crippen LogP contribution in [-0.4, -0.2) is 36.0 Å². The molecule has 0 saturated heterocycles. The highest BCUT2D eigenvalue weighted by Crippen LogP contribution is 2.14. The summed E-state index contributed by atoms with van der Waals surface area (Å²) in [5.41, 5.74) is -0.765. The van der Waals surface area contributed by atoms with E-state index in [9.17, 15) is 18.0 Å². The van der Waals surface area contributed by atoms with Gasteiger partial charge in [-0.3, -0.25) is 4.99 Å². The van der Waals surface area contributed by atoms with Crippen molar-refractivity contribution in [1.82, 2.24) is 0 Å². The first-order valence-electron chi connectivity index (χ1n) is 3.59. The summed E-state index contributed by atoms with van der Waals surface area (Å²) in [4.78, 5) is 13.6. The van der Waals surface area contributed by atoms with Crippen LogP contribution in [0.5, 0.6) is 0 Å². The molecule has 14 heavy (non-hydrogen) atoms. The lowest BCUT2D eigenvalue weighted by atomic mass is 10.2. The number of carboxylic acid groups (broad SMARTS) is 1. The van der Waals surface area contributed by atoms with Crippen LogP contribution in [0.1, 0.15) is 0 Å². The molecule has 1 atom stereocenters. The lowest BCUT2D eigenvalue weighted by molar-refractivity contribution is -0.147. The highest BCUT2D eigenvalue weighted by molar-refractivity contribution is 6.42. The van der Waals surface area contributed by atoms with Crippen molar-refractivity contribution in [3.05, 3.63) is 11.9 Å². The van der Waals surface area contributed by atoms with Gasteiger partial charge in [0.15, 0.2) is 11.5 Å². The van der Waals surface area contributed by atoms with E-state index in [1.807, 2.05) is 0 Å². The minimum absolute atomic E-state index is 0.320. The van der Waals surface area contributed by atoms with Gasteiger partial charge in [-0.1, -0.05) is 0 Å². The van der Waals surface area contributed by atoms with Gasteiger partial charge in [-0.2, -0.15) is 8.78 Å². The maximum Gasteiger partial charge on any atom is 0.357 e. The second-order valence-electron chi connectivity index (χ2n) is 2.44. The van der Waals surface area contributed by atoms with Gasteiger partial charge in [-0.25, -0.2) is 9.18 Å². The molecule has 0 bridgehead atoms. The lowest BCUT2D eigenvalue weighted by Crippen LogP contribution is -2.26. The normalized spacial score (nSPS) is 21.9. The Labute approximate surface area is 76.7 Å². The van der Waals surface area contributed by atoms with Crippen LogP contribution in [0.4, 0.5) is 13.2 Å². The molecule has 0 radical (unpaired) electrons. The van der Waals surface area contributed by atoms with Gasteiger partial charge in [0.2, 0.25) is 0 Å². The van der Waals surface area contributed by atoms with Crippen LogP contribution >= 0.6 is 0 Å². The smallest absolute Gasteiger partial charge is 0.357 e. The lowest BCUT2D eigenvalue weighted by Gasteiger charge is -2.15. The Morgan fingerprint density at radius 2 is 2.36 bits per heavy atom.